The summed E-state index contributed by atoms with van der Waals surface area (Å²) in [7, 11) is 0. The number of hydrogen-bond donors (Lipinski definition) is 2. The van der Waals surface area contributed by atoms with Crippen molar-refractivity contribution in [3.63, 3.8) is 0 Å². The Morgan fingerprint density at radius 2 is 1.67 bits per heavy atom. The van der Waals surface area contributed by atoms with E-state index in [4.69, 9.17) is 0 Å². The van der Waals surface area contributed by atoms with Gasteiger partial charge in [-0.2, -0.15) is 0 Å². The topological polar surface area (TPSA) is 24.1 Å². The number of anilines is 1. The molecule has 0 amide bonds. The van der Waals surface area contributed by atoms with Crippen LogP contribution in [0.5, 0.6) is 0 Å². The first-order valence-corrected chi connectivity index (χ1v) is 5.66. The summed E-state index contributed by atoms with van der Waals surface area (Å²) < 4.78 is 26.9. The van der Waals surface area contributed by atoms with Gasteiger partial charge in [-0.25, -0.2) is 14.2 Å². The van der Waals surface area contributed by atoms with Gasteiger partial charge in [0.1, 0.15) is 0 Å². The summed E-state index contributed by atoms with van der Waals surface area (Å²) in [5, 5.41) is 0. The second-order valence-electron chi connectivity index (χ2n) is 4.01. The Morgan fingerprint density at radius 1 is 0.944 bits per heavy atom. The minimum absolute atomic E-state index is 0.206. The largest absolute Gasteiger partial charge is 0.321 e. The maximum absolute atomic E-state index is 13.5. The van der Waals surface area contributed by atoms with Crippen LogP contribution in [0.1, 0.15) is 11.1 Å². The van der Waals surface area contributed by atoms with E-state index in [0.29, 0.717) is 11.1 Å². The molecular weight excluding hydrogens is 234 g/mol. The maximum atomic E-state index is 13.5. The van der Waals surface area contributed by atoms with Crippen LogP contribution < -0.4 is 10.9 Å². The summed E-state index contributed by atoms with van der Waals surface area (Å²) in [6, 6.07) is 12.6. The van der Waals surface area contributed by atoms with Crippen LogP contribution >= 0.6 is 0 Å². The van der Waals surface area contributed by atoms with Crippen LogP contribution in [0.25, 0.3) is 0 Å². The van der Waals surface area contributed by atoms with E-state index in [0.717, 1.165) is 5.69 Å². The van der Waals surface area contributed by atoms with E-state index in [1.54, 1.807) is 12.1 Å². The molecule has 2 rings (SSSR count). The normalized spacial score (nSPS) is 10.4. The summed E-state index contributed by atoms with van der Waals surface area (Å²) in [6.45, 7) is 1.75. The molecule has 0 atom stereocenters. The predicted molar refractivity (Wildman–Crippen MR) is 68.0 cm³/mol. The second-order valence-corrected chi connectivity index (χ2v) is 4.01. The number of hydrogen-bond acceptors (Lipinski definition) is 2. The molecule has 0 radical (unpaired) electrons. The molecular formula is C14H14F2N2. The predicted octanol–water partition coefficient (Wildman–Crippen LogP) is 3.39. The Morgan fingerprint density at radius 3 is 2.39 bits per heavy atom. The molecule has 2 aromatic carbocycles. The van der Waals surface area contributed by atoms with Crippen molar-refractivity contribution in [3.8, 4) is 0 Å². The molecule has 0 saturated heterocycles. The lowest BCUT2D eigenvalue weighted by Gasteiger charge is -2.10. The van der Waals surface area contributed by atoms with Crippen LogP contribution in [0.4, 0.5) is 14.5 Å². The Labute approximate surface area is 105 Å². The lowest BCUT2D eigenvalue weighted by Crippen LogP contribution is -2.21. The van der Waals surface area contributed by atoms with Crippen LogP contribution in [0.15, 0.2) is 42.5 Å². The molecule has 0 aliphatic rings. The second kappa shape index (κ2) is 5.60. The van der Waals surface area contributed by atoms with Crippen molar-refractivity contribution in [3.05, 3.63) is 65.2 Å². The molecule has 0 heterocycles. The Balaban J connectivity index is 1.97. The van der Waals surface area contributed by atoms with Crippen molar-refractivity contribution in [2.24, 2.45) is 0 Å². The number of hydrazine groups is 1. The Bertz CT molecular complexity index is 527. The third kappa shape index (κ3) is 2.84. The molecule has 0 unspecified atom stereocenters. The number of nitrogens with one attached hydrogen (secondary N) is 2. The minimum atomic E-state index is -0.794. The maximum Gasteiger partial charge on any atom is 0.163 e. The first kappa shape index (κ1) is 12.5. The van der Waals surface area contributed by atoms with E-state index in [1.165, 1.54) is 6.92 Å². The van der Waals surface area contributed by atoms with Gasteiger partial charge in [-0.05, 0) is 24.6 Å². The number of aryl methyl sites for hydroxylation is 1. The molecule has 18 heavy (non-hydrogen) atoms. The molecule has 0 aliphatic carbocycles. The molecule has 4 heteroatoms. The molecule has 2 N–H and O–H groups in total. The van der Waals surface area contributed by atoms with Crippen LogP contribution in [0, 0.1) is 18.6 Å². The highest BCUT2D eigenvalue weighted by Crippen LogP contribution is 2.15. The van der Waals surface area contributed by atoms with Crippen LogP contribution in [-0.4, -0.2) is 0 Å². The van der Waals surface area contributed by atoms with E-state index in [2.05, 4.69) is 10.9 Å². The third-order valence-corrected chi connectivity index (χ3v) is 2.64. The summed E-state index contributed by atoms with van der Waals surface area (Å²) in [5.74, 6) is -1.58. The summed E-state index contributed by atoms with van der Waals surface area (Å²) >= 11 is 0. The quantitative estimate of drug-likeness (QED) is 0.810. The fourth-order valence-corrected chi connectivity index (χ4v) is 1.59. The van der Waals surface area contributed by atoms with E-state index in [-0.39, 0.29) is 6.54 Å². The standard InChI is InChI=1S/C14H14F2N2/c1-10-7-8-11(14(16)13(10)15)9-17-18-12-5-3-2-4-6-12/h2-8,17-18H,9H2,1H3. The number of para-hydroxylation sites is 1. The average Bonchev–Trinajstić information content (AvgIpc) is 2.40. The molecule has 2 aromatic rings. The average molecular weight is 248 g/mol. The highest BCUT2D eigenvalue weighted by Gasteiger charge is 2.10. The van der Waals surface area contributed by atoms with Crippen LogP contribution in [-0.2, 0) is 6.54 Å². The first-order valence-electron chi connectivity index (χ1n) is 5.66. The zero-order valence-corrected chi connectivity index (χ0v) is 10.0. The van der Waals surface area contributed by atoms with Gasteiger partial charge in [0.05, 0.1) is 0 Å². The van der Waals surface area contributed by atoms with E-state index < -0.39 is 11.6 Å². The van der Waals surface area contributed by atoms with Crippen molar-refractivity contribution in [1.29, 1.82) is 0 Å². The van der Waals surface area contributed by atoms with Gasteiger partial charge in [0.25, 0.3) is 0 Å². The molecule has 0 aliphatic heterocycles. The van der Waals surface area contributed by atoms with Crippen molar-refractivity contribution in [1.82, 2.24) is 5.43 Å². The van der Waals surface area contributed by atoms with Gasteiger partial charge in [0.15, 0.2) is 11.6 Å². The zero-order valence-electron chi connectivity index (χ0n) is 10.0. The highest BCUT2D eigenvalue weighted by molar-refractivity contribution is 5.41. The summed E-state index contributed by atoms with van der Waals surface area (Å²) in [4.78, 5) is 0. The monoisotopic (exact) mass is 248 g/mol. The molecule has 0 fully saturated rings. The SMILES string of the molecule is Cc1ccc(CNNc2ccccc2)c(F)c1F. The number of benzene rings is 2. The number of rotatable bonds is 4. The van der Waals surface area contributed by atoms with Gasteiger partial charge in [0.2, 0.25) is 0 Å². The summed E-state index contributed by atoms with van der Waals surface area (Å²) in [5.41, 5.74) is 7.24. The van der Waals surface area contributed by atoms with Gasteiger partial charge < -0.3 is 5.43 Å². The van der Waals surface area contributed by atoms with Crippen molar-refractivity contribution >= 4 is 5.69 Å². The number of halogens is 2. The lowest BCUT2D eigenvalue weighted by atomic mass is 10.1. The zero-order chi connectivity index (χ0) is 13.0. The molecule has 2 nitrogen and oxygen atoms in total. The highest BCUT2D eigenvalue weighted by atomic mass is 19.2. The summed E-state index contributed by atoms with van der Waals surface area (Å²) in [6.07, 6.45) is 0. The van der Waals surface area contributed by atoms with Gasteiger partial charge in [-0.1, -0.05) is 30.3 Å². The van der Waals surface area contributed by atoms with Crippen molar-refractivity contribution in [2.45, 2.75) is 13.5 Å². The Kier molecular flexibility index (Phi) is 3.89. The fraction of sp³-hybridized carbons (Fsp3) is 0.143. The molecule has 0 bridgehead atoms. The van der Waals surface area contributed by atoms with E-state index in [1.807, 2.05) is 30.3 Å². The van der Waals surface area contributed by atoms with Gasteiger partial charge in [0, 0.05) is 17.8 Å². The Hall–Kier alpha value is -1.94. The smallest absolute Gasteiger partial charge is 0.163 e. The van der Waals surface area contributed by atoms with Crippen molar-refractivity contribution < 1.29 is 8.78 Å². The van der Waals surface area contributed by atoms with E-state index in [9.17, 15) is 8.78 Å². The van der Waals surface area contributed by atoms with Gasteiger partial charge in [-0.3, -0.25) is 0 Å². The fourth-order valence-electron chi connectivity index (χ4n) is 1.59. The van der Waals surface area contributed by atoms with Gasteiger partial charge in [-0.15, -0.1) is 0 Å². The molecule has 94 valence electrons. The minimum Gasteiger partial charge on any atom is -0.321 e. The first-order chi connectivity index (χ1) is 8.68. The van der Waals surface area contributed by atoms with Crippen LogP contribution in [0.2, 0.25) is 0 Å². The van der Waals surface area contributed by atoms with E-state index >= 15 is 0 Å². The third-order valence-electron chi connectivity index (χ3n) is 2.64. The molecule has 0 spiro atoms. The van der Waals surface area contributed by atoms with Crippen molar-refractivity contribution in [2.75, 3.05) is 5.43 Å². The molecule has 0 saturated carbocycles. The lowest BCUT2D eigenvalue weighted by molar-refractivity contribution is 0.490. The van der Waals surface area contributed by atoms with Gasteiger partial charge >= 0.3 is 0 Å². The van der Waals surface area contributed by atoms with Crippen LogP contribution in [0.3, 0.4) is 0 Å². The molecule has 0 aromatic heterocycles.